The fourth-order valence-electron chi connectivity index (χ4n) is 3.12. The number of ether oxygens (including phenoxy) is 1. The van der Waals surface area contributed by atoms with Gasteiger partial charge in [-0.15, -0.1) is 0 Å². The van der Waals surface area contributed by atoms with Crippen molar-refractivity contribution >= 4 is 23.5 Å². The topological polar surface area (TPSA) is 84.4 Å². The van der Waals surface area contributed by atoms with Crippen LogP contribution in [0, 0.1) is 6.92 Å². The summed E-state index contributed by atoms with van der Waals surface area (Å²) in [6.45, 7) is 3.68. The highest BCUT2D eigenvalue weighted by Gasteiger charge is 2.17. The Bertz CT molecular complexity index is 830. The number of aryl methyl sites for hydroxylation is 1. The van der Waals surface area contributed by atoms with E-state index in [0.717, 1.165) is 31.6 Å². The van der Waals surface area contributed by atoms with E-state index < -0.39 is 5.97 Å². The van der Waals surface area contributed by atoms with Gasteiger partial charge in [-0.05, 0) is 44.0 Å². The summed E-state index contributed by atoms with van der Waals surface area (Å²) in [4.78, 5) is 35.5. The highest BCUT2D eigenvalue weighted by Crippen LogP contribution is 2.18. The van der Waals surface area contributed by atoms with Crippen molar-refractivity contribution in [1.29, 1.82) is 0 Å². The summed E-state index contributed by atoms with van der Waals surface area (Å²) in [5.41, 5.74) is 1.94. The molecule has 0 radical (unpaired) electrons. The molecule has 7 heteroatoms. The second-order valence-corrected chi connectivity index (χ2v) is 6.62. The van der Waals surface area contributed by atoms with Crippen LogP contribution < -0.4 is 10.2 Å². The molecule has 1 aliphatic heterocycles. The van der Waals surface area contributed by atoms with Crippen LogP contribution in [0.4, 0.5) is 11.6 Å². The van der Waals surface area contributed by atoms with Crippen LogP contribution in [0.3, 0.4) is 0 Å². The molecule has 1 N–H and O–H groups in total. The van der Waals surface area contributed by atoms with Gasteiger partial charge in [0.15, 0.2) is 0 Å². The summed E-state index contributed by atoms with van der Waals surface area (Å²) in [6.07, 6.45) is 4.65. The predicted octanol–water partition coefficient (Wildman–Crippen LogP) is 3.20. The molecule has 1 saturated heterocycles. The molecule has 1 aromatic carbocycles. The van der Waals surface area contributed by atoms with E-state index in [1.54, 1.807) is 30.3 Å². The van der Waals surface area contributed by atoms with Gasteiger partial charge in [0.2, 0.25) is 5.95 Å². The van der Waals surface area contributed by atoms with Gasteiger partial charge in [-0.3, -0.25) is 4.79 Å². The van der Waals surface area contributed by atoms with Crippen LogP contribution >= 0.6 is 0 Å². The first-order valence-electron chi connectivity index (χ1n) is 9.17. The summed E-state index contributed by atoms with van der Waals surface area (Å²) in [5, 5.41) is 2.79. The van der Waals surface area contributed by atoms with Crippen molar-refractivity contribution in [3.05, 3.63) is 47.3 Å². The lowest BCUT2D eigenvalue weighted by molar-refractivity contribution is 0.0600. The number of rotatable bonds is 4. The Labute approximate surface area is 158 Å². The summed E-state index contributed by atoms with van der Waals surface area (Å²) in [7, 11) is 1.32. The minimum atomic E-state index is -0.451. The van der Waals surface area contributed by atoms with Crippen LogP contribution in [0.15, 0.2) is 30.3 Å². The van der Waals surface area contributed by atoms with E-state index in [4.69, 9.17) is 4.74 Å². The zero-order valence-electron chi connectivity index (χ0n) is 15.7. The lowest BCUT2D eigenvalue weighted by Crippen LogP contribution is -2.27. The lowest BCUT2D eigenvalue weighted by Gasteiger charge is -2.21. The molecule has 142 valence electrons. The van der Waals surface area contributed by atoms with E-state index in [1.165, 1.54) is 20.0 Å². The molecule has 0 spiro atoms. The molecular weight excluding hydrogens is 344 g/mol. The number of amides is 1. The molecule has 0 atom stereocenters. The van der Waals surface area contributed by atoms with Crippen molar-refractivity contribution in [3.63, 3.8) is 0 Å². The Morgan fingerprint density at radius 3 is 2.52 bits per heavy atom. The van der Waals surface area contributed by atoms with Crippen LogP contribution in [0.25, 0.3) is 0 Å². The van der Waals surface area contributed by atoms with Crippen molar-refractivity contribution in [2.45, 2.75) is 32.6 Å². The van der Waals surface area contributed by atoms with Gasteiger partial charge in [0.1, 0.15) is 5.69 Å². The monoisotopic (exact) mass is 368 g/mol. The van der Waals surface area contributed by atoms with Gasteiger partial charge < -0.3 is 15.0 Å². The number of esters is 1. The Balaban J connectivity index is 1.79. The molecule has 1 aromatic heterocycles. The quantitative estimate of drug-likeness (QED) is 0.834. The summed E-state index contributed by atoms with van der Waals surface area (Å²) in [5.74, 6) is -0.184. The van der Waals surface area contributed by atoms with Crippen LogP contribution in [-0.4, -0.2) is 42.0 Å². The maximum Gasteiger partial charge on any atom is 0.337 e. The van der Waals surface area contributed by atoms with Crippen molar-refractivity contribution in [2.24, 2.45) is 0 Å². The standard InChI is InChI=1S/C20H24N4O3/c1-14-12-17(23-20(21-14)24-10-5-3-4-6-11-24)18(25)22-16-9-7-8-15(13-16)19(26)27-2/h7-9,12-13H,3-6,10-11H2,1-2H3,(H,22,25). The zero-order chi connectivity index (χ0) is 19.2. The molecule has 0 saturated carbocycles. The number of carbonyl (C=O) groups is 2. The van der Waals surface area contributed by atoms with Gasteiger partial charge in [0.25, 0.3) is 5.91 Å². The number of anilines is 2. The molecule has 2 aromatic rings. The van der Waals surface area contributed by atoms with Crippen LogP contribution in [-0.2, 0) is 4.74 Å². The lowest BCUT2D eigenvalue weighted by atomic mass is 10.2. The van der Waals surface area contributed by atoms with Crippen molar-refractivity contribution in [3.8, 4) is 0 Å². The normalized spacial score (nSPS) is 14.4. The summed E-state index contributed by atoms with van der Waals surface area (Å²) in [6, 6.07) is 8.28. The van der Waals surface area contributed by atoms with Crippen LogP contribution in [0.2, 0.25) is 0 Å². The van der Waals surface area contributed by atoms with Crippen LogP contribution in [0.1, 0.15) is 52.2 Å². The van der Waals surface area contributed by atoms with Gasteiger partial charge in [-0.2, -0.15) is 0 Å². The molecule has 0 bridgehead atoms. The van der Waals surface area contributed by atoms with Gasteiger partial charge in [-0.1, -0.05) is 18.9 Å². The first-order chi connectivity index (χ1) is 13.1. The predicted molar refractivity (Wildman–Crippen MR) is 103 cm³/mol. The Morgan fingerprint density at radius 2 is 1.81 bits per heavy atom. The highest BCUT2D eigenvalue weighted by molar-refractivity contribution is 6.03. The van der Waals surface area contributed by atoms with Crippen molar-refractivity contribution < 1.29 is 14.3 Å². The Kier molecular flexibility index (Phi) is 6.01. The Hall–Kier alpha value is -2.96. The van der Waals surface area contributed by atoms with E-state index in [-0.39, 0.29) is 5.91 Å². The molecule has 1 amide bonds. The number of methoxy groups -OCH3 is 1. The molecule has 1 fully saturated rings. The number of aromatic nitrogens is 2. The molecule has 1 aliphatic rings. The second kappa shape index (κ2) is 8.62. The zero-order valence-corrected chi connectivity index (χ0v) is 15.7. The molecule has 0 unspecified atom stereocenters. The van der Waals surface area contributed by atoms with Gasteiger partial charge >= 0.3 is 5.97 Å². The number of carbonyl (C=O) groups excluding carboxylic acids is 2. The third kappa shape index (κ3) is 4.81. The molecule has 2 heterocycles. The van der Waals surface area contributed by atoms with E-state index in [1.807, 2.05) is 6.92 Å². The first-order valence-corrected chi connectivity index (χ1v) is 9.17. The number of benzene rings is 1. The number of hydrogen-bond acceptors (Lipinski definition) is 6. The molecule has 3 rings (SSSR count). The van der Waals surface area contributed by atoms with E-state index in [0.29, 0.717) is 22.9 Å². The van der Waals surface area contributed by atoms with Crippen LogP contribution in [0.5, 0.6) is 0 Å². The molecule has 7 nitrogen and oxygen atoms in total. The average Bonchev–Trinajstić information content (AvgIpc) is 2.96. The summed E-state index contributed by atoms with van der Waals surface area (Å²) < 4.78 is 4.71. The fourth-order valence-corrected chi connectivity index (χ4v) is 3.12. The molecule has 0 aliphatic carbocycles. The van der Waals surface area contributed by atoms with Crippen molar-refractivity contribution in [1.82, 2.24) is 9.97 Å². The fraction of sp³-hybridized carbons (Fsp3) is 0.400. The SMILES string of the molecule is COC(=O)c1cccc(NC(=O)c2cc(C)nc(N3CCCCCC3)n2)c1. The number of nitrogens with zero attached hydrogens (tertiary/aromatic N) is 3. The third-order valence-corrected chi connectivity index (χ3v) is 4.51. The first kappa shape index (κ1) is 18.8. The Morgan fingerprint density at radius 1 is 1.07 bits per heavy atom. The average molecular weight is 368 g/mol. The van der Waals surface area contributed by atoms with Gasteiger partial charge in [-0.25, -0.2) is 14.8 Å². The molecular formula is C20H24N4O3. The molecule has 27 heavy (non-hydrogen) atoms. The smallest absolute Gasteiger partial charge is 0.337 e. The maximum atomic E-state index is 12.7. The van der Waals surface area contributed by atoms with Gasteiger partial charge in [0.05, 0.1) is 12.7 Å². The minimum absolute atomic E-state index is 0.310. The van der Waals surface area contributed by atoms with E-state index in [2.05, 4.69) is 20.2 Å². The maximum absolute atomic E-state index is 12.7. The van der Waals surface area contributed by atoms with Gasteiger partial charge in [0, 0.05) is 24.5 Å². The minimum Gasteiger partial charge on any atom is -0.465 e. The number of nitrogens with one attached hydrogen (secondary N) is 1. The second-order valence-electron chi connectivity index (χ2n) is 6.62. The largest absolute Gasteiger partial charge is 0.465 e. The van der Waals surface area contributed by atoms with Crippen molar-refractivity contribution in [2.75, 3.05) is 30.4 Å². The van der Waals surface area contributed by atoms with E-state index >= 15 is 0 Å². The van der Waals surface area contributed by atoms with E-state index in [9.17, 15) is 9.59 Å². The number of hydrogen-bond donors (Lipinski definition) is 1. The summed E-state index contributed by atoms with van der Waals surface area (Å²) >= 11 is 0. The third-order valence-electron chi connectivity index (χ3n) is 4.51. The highest BCUT2D eigenvalue weighted by atomic mass is 16.5.